The third-order valence-corrected chi connectivity index (χ3v) is 4.43. The summed E-state index contributed by atoms with van der Waals surface area (Å²) >= 11 is 0. The van der Waals surface area contributed by atoms with Crippen LogP contribution in [0.1, 0.15) is 85.0 Å². The summed E-state index contributed by atoms with van der Waals surface area (Å²) in [6, 6.07) is 0. The smallest absolute Gasteiger partial charge is 0.308 e. The monoisotopic (exact) mass is 313 g/mol. The first-order valence-electron chi connectivity index (χ1n) is 9.50. The van der Waals surface area contributed by atoms with Crippen molar-refractivity contribution in [2.24, 2.45) is 5.92 Å². The van der Waals surface area contributed by atoms with E-state index in [1.165, 1.54) is 45.1 Å². The second-order valence-electron chi connectivity index (χ2n) is 6.43. The van der Waals surface area contributed by atoms with Crippen LogP contribution in [0.25, 0.3) is 0 Å². The van der Waals surface area contributed by atoms with Gasteiger partial charge in [0.25, 0.3) is 0 Å². The SMILES string of the molecule is CCCC(CC)C(=O)OCCCCCCCCCN(C)CC. The van der Waals surface area contributed by atoms with Gasteiger partial charge in [-0.15, -0.1) is 0 Å². The summed E-state index contributed by atoms with van der Waals surface area (Å²) in [5, 5.41) is 0. The maximum absolute atomic E-state index is 11.8. The molecule has 3 nitrogen and oxygen atoms in total. The minimum atomic E-state index is 0.0180. The highest BCUT2D eigenvalue weighted by molar-refractivity contribution is 5.72. The van der Waals surface area contributed by atoms with Crippen molar-refractivity contribution in [3.05, 3.63) is 0 Å². The second-order valence-corrected chi connectivity index (χ2v) is 6.43. The van der Waals surface area contributed by atoms with Crippen molar-refractivity contribution in [1.29, 1.82) is 0 Å². The van der Waals surface area contributed by atoms with Gasteiger partial charge in [-0.05, 0) is 45.8 Å². The highest BCUT2D eigenvalue weighted by atomic mass is 16.5. The Morgan fingerprint density at radius 1 is 0.955 bits per heavy atom. The quantitative estimate of drug-likeness (QED) is 0.313. The summed E-state index contributed by atoms with van der Waals surface area (Å²) in [5.41, 5.74) is 0. The minimum absolute atomic E-state index is 0.0180. The standard InChI is InChI=1S/C19H39NO2/c1-5-15-18(6-2)19(21)22-17-14-12-10-8-9-11-13-16-20(4)7-3/h18H,5-17H2,1-4H3. The second kappa shape index (κ2) is 15.3. The van der Waals surface area contributed by atoms with Crippen LogP contribution in [0.3, 0.4) is 0 Å². The molecule has 0 saturated heterocycles. The lowest BCUT2D eigenvalue weighted by Crippen LogP contribution is -2.18. The van der Waals surface area contributed by atoms with Crippen LogP contribution in [-0.4, -0.2) is 37.6 Å². The van der Waals surface area contributed by atoms with Gasteiger partial charge in [-0.3, -0.25) is 4.79 Å². The minimum Gasteiger partial charge on any atom is -0.465 e. The molecule has 22 heavy (non-hydrogen) atoms. The molecule has 0 N–H and O–H groups in total. The van der Waals surface area contributed by atoms with E-state index < -0.39 is 0 Å². The lowest BCUT2D eigenvalue weighted by atomic mass is 10.0. The molecule has 1 unspecified atom stereocenters. The van der Waals surface area contributed by atoms with Crippen molar-refractivity contribution in [2.45, 2.75) is 85.0 Å². The van der Waals surface area contributed by atoms with Crippen molar-refractivity contribution < 1.29 is 9.53 Å². The number of rotatable bonds is 15. The predicted octanol–water partition coefficient (Wildman–Crippen LogP) is 5.04. The molecule has 0 bridgehead atoms. The molecule has 0 aliphatic heterocycles. The normalized spacial score (nSPS) is 12.6. The zero-order chi connectivity index (χ0) is 16.6. The van der Waals surface area contributed by atoms with E-state index in [1.807, 2.05) is 0 Å². The summed E-state index contributed by atoms with van der Waals surface area (Å²) in [6.07, 6.45) is 11.7. The highest BCUT2D eigenvalue weighted by Gasteiger charge is 2.16. The van der Waals surface area contributed by atoms with Gasteiger partial charge in [0.2, 0.25) is 0 Å². The van der Waals surface area contributed by atoms with Gasteiger partial charge >= 0.3 is 5.97 Å². The Morgan fingerprint density at radius 3 is 2.09 bits per heavy atom. The Morgan fingerprint density at radius 2 is 1.55 bits per heavy atom. The van der Waals surface area contributed by atoms with Crippen LogP contribution in [0, 0.1) is 5.92 Å². The average Bonchev–Trinajstić information content (AvgIpc) is 2.53. The van der Waals surface area contributed by atoms with Gasteiger partial charge in [-0.25, -0.2) is 0 Å². The number of hydrogen-bond donors (Lipinski definition) is 0. The van der Waals surface area contributed by atoms with E-state index in [0.717, 1.165) is 32.2 Å². The molecule has 0 aliphatic carbocycles. The van der Waals surface area contributed by atoms with E-state index >= 15 is 0 Å². The molecule has 1 atom stereocenters. The van der Waals surface area contributed by atoms with Crippen LogP contribution in [-0.2, 0) is 9.53 Å². The highest BCUT2D eigenvalue weighted by Crippen LogP contribution is 2.13. The summed E-state index contributed by atoms with van der Waals surface area (Å²) in [6.45, 7) is 9.38. The van der Waals surface area contributed by atoms with Gasteiger partial charge < -0.3 is 9.64 Å². The molecule has 0 fully saturated rings. The van der Waals surface area contributed by atoms with Gasteiger partial charge in [0, 0.05) is 0 Å². The molecule has 0 rings (SSSR count). The van der Waals surface area contributed by atoms with Crippen LogP contribution < -0.4 is 0 Å². The molecule has 132 valence electrons. The van der Waals surface area contributed by atoms with E-state index in [9.17, 15) is 4.79 Å². The lowest BCUT2D eigenvalue weighted by molar-refractivity contribution is -0.149. The molecular weight excluding hydrogens is 274 g/mol. The van der Waals surface area contributed by atoms with Crippen molar-refractivity contribution in [3.8, 4) is 0 Å². The summed E-state index contributed by atoms with van der Waals surface area (Å²) in [5.74, 6) is 0.135. The van der Waals surface area contributed by atoms with Gasteiger partial charge in [0.1, 0.15) is 0 Å². The predicted molar refractivity (Wildman–Crippen MR) is 95.1 cm³/mol. The maximum atomic E-state index is 11.8. The first kappa shape index (κ1) is 21.4. The van der Waals surface area contributed by atoms with E-state index in [-0.39, 0.29) is 11.9 Å². The number of unbranched alkanes of at least 4 members (excludes halogenated alkanes) is 6. The van der Waals surface area contributed by atoms with Gasteiger partial charge in [0.05, 0.1) is 12.5 Å². The fourth-order valence-corrected chi connectivity index (χ4v) is 2.65. The molecule has 0 aromatic carbocycles. The average molecular weight is 314 g/mol. The Labute approximate surface area is 138 Å². The third kappa shape index (κ3) is 12.0. The van der Waals surface area contributed by atoms with Crippen LogP contribution in [0.2, 0.25) is 0 Å². The van der Waals surface area contributed by atoms with Crippen LogP contribution in [0.15, 0.2) is 0 Å². The number of hydrogen-bond acceptors (Lipinski definition) is 3. The van der Waals surface area contributed by atoms with Gasteiger partial charge in [-0.1, -0.05) is 59.3 Å². The van der Waals surface area contributed by atoms with Crippen molar-refractivity contribution >= 4 is 5.97 Å². The molecular formula is C19H39NO2. The summed E-state index contributed by atoms with van der Waals surface area (Å²) < 4.78 is 5.39. The topological polar surface area (TPSA) is 29.5 Å². The van der Waals surface area contributed by atoms with E-state index in [0.29, 0.717) is 6.61 Å². The fraction of sp³-hybridized carbons (Fsp3) is 0.947. The third-order valence-electron chi connectivity index (χ3n) is 4.43. The van der Waals surface area contributed by atoms with Crippen LogP contribution in [0.4, 0.5) is 0 Å². The van der Waals surface area contributed by atoms with Gasteiger partial charge in [0.15, 0.2) is 0 Å². The van der Waals surface area contributed by atoms with Gasteiger partial charge in [-0.2, -0.15) is 0 Å². The number of carbonyl (C=O) groups is 1. The molecule has 0 aliphatic rings. The number of esters is 1. The van der Waals surface area contributed by atoms with Crippen LogP contribution >= 0.6 is 0 Å². The maximum Gasteiger partial charge on any atom is 0.308 e. The molecule has 0 spiro atoms. The molecule has 0 radical (unpaired) electrons. The number of carbonyl (C=O) groups excluding carboxylic acids is 1. The van der Waals surface area contributed by atoms with E-state index in [4.69, 9.17) is 4.74 Å². The molecule has 0 saturated carbocycles. The first-order valence-corrected chi connectivity index (χ1v) is 9.50. The van der Waals surface area contributed by atoms with Crippen molar-refractivity contribution in [3.63, 3.8) is 0 Å². The Kier molecular flexibility index (Phi) is 14.9. The number of nitrogens with zero attached hydrogens (tertiary/aromatic N) is 1. The Hall–Kier alpha value is -0.570. The fourth-order valence-electron chi connectivity index (χ4n) is 2.65. The zero-order valence-electron chi connectivity index (χ0n) is 15.5. The zero-order valence-corrected chi connectivity index (χ0v) is 15.5. The van der Waals surface area contributed by atoms with Crippen molar-refractivity contribution in [2.75, 3.05) is 26.7 Å². The Balaban J connectivity index is 3.34. The van der Waals surface area contributed by atoms with Crippen molar-refractivity contribution in [1.82, 2.24) is 4.90 Å². The summed E-state index contributed by atoms with van der Waals surface area (Å²) in [4.78, 5) is 14.2. The van der Waals surface area contributed by atoms with Crippen LogP contribution in [0.5, 0.6) is 0 Å². The largest absolute Gasteiger partial charge is 0.465 e. The summed E-state index contributed by atoms with van der Waals surface area (Å²) in [7, 11) is 2.19. The number of ether oxygens (including phenoxy) is 1. The van der Waals surface area contributed by atoms with E-state index in [1.54, 1.807) is 0 Å². The molecule has 0 heterocycles. The molecule has 0 aromatic heterocycles. The lowest BCUT2D eigenvalue weighted by Gasteiger charge is -2.13. The Bertz CT molecular complexity index is 256. The first-order chi connectivity index (χ1) is 10.7. The molecule has 0 aromatic rings. The van der Waals surface area contributed by atoms with E-state index in [2.05, 4.69) is 32.7 Å². The molecule has 3 heteroatoms. The molecule has 0 amide bonds.